The Balaban J connectivity index is 1.75. The molecule has 0 aromatic carbocycles. The zero-order valence-electron chi connectivity index (χ0n) is 15.3. The van der Waals surface area contributed by atoms with Crippen LogP contribution < -0.4 is 4.90 Å². The molecule has 0 spiro atoms. The van der Waals surface area contributed by atoms with Crippen LogP contribution in [0, 0.1) is 13.8 Å². The van der Waals surface area contributed by atoms with Gasteiger partial charge in [-0.15, -0.1) is 0 Å². The average molecular weight is 329 g/mol. The van der Waals surface area contributed by atoms with Crippen molar-refractivity contribution in [2.45, 2.75) is 26.5 Å². The van der Waals surface area contributed by atoms with Crippen LogP contribution in [0.5, 0.6) is 0 Å². The van der Waals surface area contributed by atoms with E-state index in [1.54, 1.807) is 0 Å². The van der Waals surface area contributed by atoms with E-state index in [1.165, 1.54) is 16.9 Å². The molecule has 0 saturated carbocycles. The third-order valence-corrected chi connectivity index (χ3v) is 4.69. The van der Waals surface area contributed by atoms with Crippen molar-refractivity contribution in [1.82, 2.24) is 19.7 Å². The number of anilines is 1. The van der Waals surface area contributed by atoms with Gasteiger partial charge in [-0.3, -0.25) is 14.6 Å². The van der Waals surface area contributed by atoms with Gasteiger partial charge in [0.2, 0.25) is 0 Å². The summed E-state index contributed by atoms with van der Waals surface area (Å²) in [7, 11) is 6.09. The fourth-order valence-corrected chi connectivity index (χ4v) is 3.06. The first-order valence-electron chi connectivity index (χ1n) is 8.41. The molecule has 2 aromatic heterocycles. The molecule has 1 unspecified atom stereocenters. The van der Waals surface area contributed by atoms with Crippen molar-refractivity contribution < 1.29 is 4.74 Å². The van der Waals surface area contributed by atoms with Crippen LogP contribution in [0.4, 0.5) is 5.69 Å². The summed E-state index contributed by atoms with van der Waals surface area (Å²) in [5, 5.41) is 4.34. The number of aromatic nitrogens is 3. The van der Waals surface area contributed by atoms with E-state index in [1.807, 2.05) is 24.9 Å². The maximum atomic E-state index is 6.01. The predicted molar refractivity (Wildman–Crippen MR) is 95.2 cm³/mol. The largest absolute Gasteiger partial charge is 0.378 e. The molecule has 6 nitrogen and oxygen atoms in total. The summed E-state index contributed by atoms with van der Waals surface area (Å²) in [5.41, 5.74) is 5.72. The Labute approximate surface area is 144 Å². The third-order valence-electron chi connectivity index (χ3n) is 4.69. The molecular formula is C18H27N5O. The topological polar surface area (TPSA) is 46.4 Å². The predicted octanol–water partition coefficient (Wildman–Crippen LogP) is 2.07. The number of aryl methyl sites for hydroxylation is 2. The van der Waals surface area contributed by atoms with E-state index in [9.17, 15) is 0 Å². The van der Waals surface area contributed by atoms with Crippen LogP contribution in [0.2, 0.25) is 0 Å². The normalized spacial score (nSPS) is 18.8. The van der Waals surface area contributed by atoms with E-state index in [2.05, 4.69) is 48.1 Å². The van der Waals surface area contributed by atoms with Gasteiger partial charge in [-0.1, -0.05) is 0 Å². The van der Waals surface area contributed by atoms with Gasteiger partial charge < -0.3 is 9.64 Å². The molecule has 1 atom stereocenters. The number of rotatable bonds is 4. The Morgan fingerprint density at radius 2 is 2.08 bits per heavy atom. The number of morpholine rings is 1. The monoisotopic (exact) mass is 329 g/mol. The van der Waals surface area contributed by atoms with Crippen molar-refractivity contribution >= 4 is 5.69 Å². The number of ether oxygens (including phenoxy) is 1. The Bertz CT molecular complexity index is 709. The standard InChI is InChI=1S/C18H27N5O/c1-13-8-16(21(3)4)9-17(20-13)18-12-23(6-7-24-18)11-15-10-19-22(5)14(15)2/h8-10,18H,6-7,11-12H2,1-5H3. The summed E-state index contributed by atoms with van der Waals surface area (Å²) >= 11 is 0. The fourth-order valence-electron chi connectivity index (χ4n) is 3.06. The summed E-state index contributed by atoms with van der Waals surface area (Å²) in [6.07, 6.45) is 1.99. The van der Waals surface area contributed by atoms with Gasteiger partial charge in [0.1, 0.15) is 6.10 Å². The second-order valence-corrected chi connectivity index (χ2v) is 6.76. The van der Waals surface area contributed by atoms with E-state index in [-0.39, 0.29) is 6.10 Å². The highest BCUT2D eigenvalue weighted by Gasteiger charge is 2.24. The van der Waals surface area contributed by atoms with Gasteiger partial charge in [-0.05, 0) is 26.0 Å². The number of nitrogens with zero attached hydrogens (tertiary/aromatic N) is 5. The lowest BCUT2D eigenvalue weighted by molar-refractivity contribution is -0.0350. The first kappa shape index (κ1) is 16.9. The van der Waals surface area contributed by atoms with Crippen molar-refractivity contribution in [1.29, 1.82) is 0 Å². The number of hydrogen-bond donors (Lipinski definition) is 0. The van der Waals surface area contributed by atoms with Crippen LogP contribution in [-0.2, 0) is 18.3 Å². The molecule has 3 heterocycles. The Hall–Kier alpha value is -1.92. The lowest BCUT2D eigenvalue weighted by atomic mass is 10.1. The highest BCUT2D eigenvalue weighted by Crippen LogP contribution is 2.25. The van der Waals surface area contributed by atoms with E-state index in [0.29, 0.717) is 0 Å². The van der Waals surface area contributed by atoms with Crippen molar-refractivity contribution in [3.8, 4) is 0 Å². The van der Waals surface area contributed by atoms with Crippen LogP contribution in [0.25, 0.3) is 0 Å². The van der Waals surface area contributed by atoms with Crippen molar-refractivity contribution in [2.75, 3.05) is 38.7 Å². The van der Waals surface area contributed by atoms with E-state index in [0.717, 1.165) is 37.6 Å². The van der Waals surface area contributed by atoms with Gasteiger partial charge in [0, 0.05) is 63.4 Å². The quantitative estimate of drug-likeness (QED) is 0.859. The molecule has 0 amide bonds. The fraction of sp³-hybridized carbons (Fsp3) is 0.556. The minimum Gasteiger partial charge on any atom is -0.378 e. The summed E-state index contributed by atoms with van der Waals surface area (Å²) in [5.74, 6) is 0. The molecule has 1 aliphatic heterocycles. The van der Waals surface area contributed by atoms with Crippen LogP contribution in [0.15, 0.2) is 18.3 Å². The molecule has 0 radical (unpaired) electrons. The summed E-state index contributed by atoms with van der Waals surface area (Å²) in [6.45, 7) is 7.60. The summed E-state index contributed by atoms with van der Waals surface area (Å²) in [6, 6.07) is 4.24. The Morgan fingerprint density at radius 1 is 1.29 bits per heavy atom. The zero-order valence-corrected chi connectivity index (χ0v) is 15.3. The molecule has 130 valence electrons. The van der Waals surface area contributed by atoms with Gasteiger partial charge in [0.05, 0.1) is 18.5 Å². The minimum absolute atomic E-state index is 0.0225. The zero-order chi connectivity index (χ0) is 17.3. The molecular weight excluding hydrogens is 302 g/mol. The summed E-state index contributed by atoms with van der Waals surface area (Å²) < 4.78 is 7.94. The molecule has 0 aliphatic carbocycles. The minimum atomic E-state index is 0.0225. The average Bonchev–Trinajstić information content (AvgIpc) is 2.86. The first-order chi connectivity index (χ1) is 11.4. The van der Waals surface area contributed by atoms with Gasteiger partial charge in [-0.2, -0.15) is 5.10 Å². The van der Waals surface area contributed by atoms with E-state index in [4.69, 9.17) is 9.72 Å². The van der Waals surface area contributed by atoms with Gasteiger partial charge >= 0.3 is 0 Å². The lowest BCUT2D eigenvalue weighted by Gasteiger charge is -2.33. The molecule has 3 rings (SSSR count). The van der Waals surface area contributed by atoms with E-state index < -0.39 is 0 Å². The number of pyridine rings is 1. The lowest BCUT2D eigenvalue weighted by Crippen LogP contribution is -2.38. The molecule has 1 fully saturated rings. The highest BCUT2D eigenvalue weighted by molar-refractivity contribution is 5.47. The molecule has 0 bridgehead atoms. The Morgan fingerprint density at radius 3 is 2.75 bits per heavy atom. The molecule has 6 heteroatoms. The third kappa shape index (κ3) is 3.60. The molecule has 2 aromatic rings. The van der Waals surface area contributed by atoms with Gasteiger partial charge in [0.25, 0.3) is 0 Å². The molecule has 24 heavy (non-hydrogen) atoms. The number of hydrogen-bond acceptors (Lipinski definition) is 5. The summed E-state index contributed by atoms with van der Waals surface area (Å²) in [4.78, 5) is 9.25. The smallest absolute Gasteiger partial charge is 0.112 e. The highest BCUT2D eigenvalue weighted by atomic mass is 16.5. The SMILES string of the molecule is Cc1cc(N(C)C)cc(C2CN(Cc3cnn(C)c3C)CCO2)n1. The van der Waals surface area contributed by atoms with Gasteiger partial charge in [-0.25, -0.2) is 0 Å². The maximum absolute atomic E-state index is 6.01. The second-order valence-electron chi connectivity index (χ2n) is 6.76. The van der Waals surface area contributed by atoms with Gasteiger partial charge in [0.15, 0.2) is 0 Å². The molecule has 1 saturated heterocycles. The first-order valence-corrected chi connectivity index (χ1v) is 8.41. The van der Waals surface area contributed by atoms with Crippen LogP contribution in [0.1, 0.15) is 28.7 Å². The second kappa shape index (κ2) is 6.91. The van der Waals surface area contributed by atoms with Crippen molar-refractivity contribution in [2.24, 2.45) is 7.05 Å². The van der Waals surface area contributed by atoms with Crippen LogP contribution >= 0.6 is 0 Å². The maximum Gasteiger partial charge on any atom is 0.112 e. The van der Waals surface area contributed by atoms with Crippen molar-refractivity contribution in [3.63, 3.8) is 0 Å². The van der Waals surface area contributed by atoms with Crippen LogP contribution in [0.3, 0.4) is 0 Å². The van der Waals surface area contributed by atoms with E-state index >= 15 is 0 Å². The molecule has 1 aliphatic rings. The van der Waals surface area contributed by atoms with Crippen molar-refractivity contribution in [3.05, 3.63) is 41.0 Å². The molecule has 0 N–H and O–H groups in total. The Kier molecular flexibility index (Phi) is 4.87. The van der Waals surface area contributed by atoms with Crippen LogP contribution in [-0.4, -0.2) is 53.5 Å².